The van der Waals surface area contributed by atoms with Crippen LogP contribution >= 0.6 is 0 Å². The number of nitrogens with one attached hydrogen (secondary N) is 1. The zero-order chi connectivity index (χ0) is 24.8. The van der Waals surface area contributed by atoms with Crippen LogP contribution in [0.15, 0.2) is 48.5 Å². The van der Waals surface area contributed by atoms with Gasteiger partial charge in [-0.05, 0) is 35.1 Å². The molecule has 1 atom stereocenters. The van der Waals surface area contributed by atoms with Gasteiger partial charge >= 0.3 is 12.1 Å². The molecule has 1 aliphatic heterocycles. The fraction of sp³-hybridized carbons (Fsp3) is 0.444. The molecule has 186 valence electrons. The third-order valence-corrected chi connectivity index (χ3v) is 6.77. The van der Waals surface area contributed by atoms with E-state index in [4.69, 9.17) is 9.84 Å². The van der Waals surface area contributed by atoms with Gasteiger partial charge in [-0.25, -0.2) is 4.79 Å². The quantitative estimate of drug-likeness (QED) is 0.603. The van der Waals surface area contributed by atoms with E-state index >= 15 is 0 Å². The lowest BCUT2D eigenvalue weighted by Gasteiger charge is -2.27. The monoisotopic (exact) mass is 479 g/mol. The minimum atomic E-state index is -0.870. The Kier molecular flexibility index (Phi) is 8.02. The molecule has 2 N–H and O–H groups in total. The Balaban J connectivity index is 1.36. The number of carbonyl (C=O) groups excluding carboxylic acids is 2. The third-order valence-electron chi connectivity index (χ3n) is 6.77. The molecule has 1 aliphatic carbocycles. The number of aliphatic carboxylic acids is 1. The van der Waals surface area contributed by atoms with Crippen LogP contribution in [0.3, 0.4) is 0 Å². The number of rotatable bonds is 8. The molecule has 2 aliphatic rings. The van der Waals surface area contributed by atoms with Crippen molar-refractivity contribution in [1.29, 1.82) is 0 Å². The Morgan fingerprint density at radius 2 is 1.66 bits per heavy atom. The van der Waals surface area contributed by atoms with E-state index in [1.54, 1.807) is 4.90 Å². The number of benzene rings is 2. The lowest BCUT2D eigenvalue weighted by molar-refractivity contribution is -0.138. The molecule has 2 amide bonds. The molecule has 8 nitrogen and oxygen atoms in total. The number of carboxylic acid groups (broad SMARTS) is 1. The van der Waals surface area contributed by atoms with Crippen molar-refractivity contribution >= 4 is 18.0 Å². The first kappa shape index (κ1) is 24.7. The Hall–Kier alpha value is -3.39. The lowest BCUT2D eigenvalue weighted by Crippen LogP contribution is -2.49. The maximum Gasteiger partial charge on any atom is 0.407 e. The van der Waals surface area contributed by atoms with Crippen molar-refractivity contribution in [2.45, 2.75) is 38.1 Å². The maximum absolute atomic E-state index is 13.2. The molecule has 2 aromatic carbocycles. The number of carboxylic acids is 1. The average Bonchev–Trinajstić information content (AvgIpc) is 2.98. The molecule has 4 rings (SSSR count). The third kappa shape index (κ3) is 5.82. The number of carbonyl (C=O) groups is 3. The van der Waals surface area contributed by atoms with Gasteiger partial charge in [-0.1, -0.05) is 61.9 Å². The zero-order valence-electron chi connectivity index (χ0n) is 20.1. The fourth-order valence-corrected chi connectivity index (χ4v) is 5.09. The van der Waals surface area contributed by atoms with Gasteiger partial charge in [0.2, 0.25) is 5.91 Å². The van der Waals surface area contributed by atoms with Crippen molar-refractivity contribution in [3.05, 3.63) is 59.7 Å². The SMILES string of the molecule is CCCC(NC(=O)OCC1c2ccccc2-c2ccccc21)C(=O)N1CCCN(CC(=O)O)CC1. The van der Waals surface area contributed by atoms with Crippen LogP contribution in [0.4, 0.5) is 4.79 Å². The summed E-state index contributed by atoms with van der Waals surface area (Å²) in [4.78, 5) is 40.6. The van der Waals surface area contributed by atoms with E-state index in [1.807, 2.05) is 36.1 Å². The Morgan fingerprint density at radius 3 is 2.29 bits per heavy atom. The highest BCUT2D eigenvalue weighted by atomic mass is 16.5. The van der Waals surface area contributed by atoms with Gasteiger partial charge < -0.3 is 20.1 Å². The Bertz CT molecular complexity index is 1030. The number of hydrogen-bond acceptors (Lipinski definition) is 5. The molecule has 0 spiro atoms. The smallest absolute Gasteiger partial charge is 0.407 e. The first-order valence-electron chi connectivity index (χ1n) is 12.3. The van der Waals surface area contributed by atoms with E-state index in [9.17, 15) is 14.4 Å². The van der Waals surface area contributed by atoms with Crippen molar-refractivity contribution < 1.29 is 24.2 Å². The first-order chi connectivity index (χ1) is 17.0. The predicted octanol–water partition coefficient (Wildman–Crippen LogP) is 3.31. The molecular formula is C27H33N3O5. The predicted molar refractivity (Wildman–Crippen MR) is 132 cm³/mol. The van der Waals surface area contributed by atoms with Gasteiger partial charge in [-0.3, -0.25) is 14.5 Å². The average molecular weight is 480 g/mol. The van der Waals surface area contributed by atoms with Crippen molar-refractivity contribution in [2.24, 2.45) is 0 Å². The molecule has 1 saturated heterocycles. The van der Waals surface area contributed by atoms with Crippen LogP contribution in [-0.4, -0.2) is 78.2 Å². The number of fused-ring (bicyclic) bond motifs is 3. The van der Waals surface area contributed by atoms with Crippen LogP contribution in [0.2, 0.25) is 0 Å². The van der Waals surface area contributed by atoms with E-state index < -0.39 is 18.1 Å². The molecule has 2 aromatic rings. The number of ether oxygens (including phenoxy) is 1. The molecule has 0 aromatic heterocycles. The molecule has 1 heterocycles. The number of alkyl carbamates (subject to hydrolysis) is 1. The van der Waals surface area contributed by atoms with Gasteiger partial charge in [0.1, 0.15) is 12.6 Å². The van der Waals surface area contributed by atoms with Crippen LogP contribution in [0.25, 0.3) is 11.1 Å². The van der Waals surface area contributed by atoms with Gasteiger partial charge in [-0.2, -0.15) is 0 Å². The fourth-order valence-electron chi connectivity index (χ4n) is 5.09. The van der Waals surface area contributed by atoms with Crippen molar-refractivity contribution in [2.75, 3.05) is 39.3 Å². The van der Waals surface area contributed by atoms with Gasteiger partial charge in [0, 0.05) is 32.1 Å². The van der Waals surface area contributed by atoms with E-state index in [0.717, 1.165) is 28.7 Å². The summed E-state index contributed by atoms with van der Waals surface area (Å²) in [5.74, 6) is -1.05. The zero-order valence-corrected chi connectivity index (χ0v) is 20.1. The number of amides is 2. The van der Waals surface area contributed by atoms with Crippen molar-refractivity contribution in [1.82, 2.24) is 15.1 Å². The molecule has 0 saturated carbocycles. The van der Waals surface area contributed by atoms with Crippen LogP contribution in [0.5, 0.6) is 0 Å². The topological polar surface area (TPSA) is 99.2 Å². The van der Waals surface area contributed by atoms with Gasteiger partial charge in [0.05, 0.1) is 6.54 Å². The van der Waals surface area contributed by atoms with Crippen molar-refractivity contribution in [3.8, 4) is 11.1 Å². The standard InChI is InChI=1S/C27H33N3O5/c1-2-8-24(26(33)30-14-7-13-29(15-16-30)17-25(31)32)28-27(34)35-18-23-21-11-5-3-9-19(21)20-10-4-6-12-22(20)23/h3-6,9-12,23-24H,2,7-8,13-18H2,1H3,(H,28,34)(H,31,32). The molecule has 8 heteroatoms. The second kappa shape index (κ2) is 11.4. The summed E-state index contributed by atoms with van der Waals surface area (Å²) in [5, 5.41) is 11.8. The highest BCUT2D eigenvalue weighted by Crippen LogP contribution is 2.44. The summed E-state index contributed by atoms with van der Waals surface area (Å²) < 4.78 is 5.65. The first-order valence-corrected chi connectivity index (χ1v) is 12.3. The summed E-state index contributed by atoms with van der Waals surface area (Å²) in [7, 11) is 0. The van der Waals surface area contributed by atoms with Crippen LogP contribution in [0.1, 0.15) is 43.2 Å². The minimum absolute atomic E-state index is 0.0293. The Labute approximate surface area is 205 Å². The second-order valence-electron chi connectivity index (χ2n) is 9.16. The Morgan fingerprint density at radius 1 is 1.00 bits per heavy atom. The second-order valence-corrected chi connectivity index (χ2v) is 9.16. The van der Waals surface area contributed by atoms with Crippen molar-refractivity contribution in [3.63, 3.8) is 0 Å². The lowest BCUT2D eigenvalue weighted by atomic mass is 9.98. The summed E-state index contributed by atoms with van der Waals surface area (Å²) in [5.41, 5.74) is 4.60. The van der Waals surface area contributed by atoms with E-state index in [1.165, 1.54) is 0 Å². The highest BCUT2D eigenvalue weighted by Gasteiger charge is 2.31. The van der Waals surface area contributed by atoms with Gasteiger partial charge in [0.25, 0.3) is 0 Å². The van der Waals surface area contributed by atoms with Gasteiger partial charge in [-0.15, -0.1) is 0 Å². The number of hydrogen-bond donors (Lipinski definition) is 2. The van der Waals surface area contributed by atoms with Crippen LogP contribution in [-0.2, 0) is 14.3 Å². The number of nitrogens with zero attached hydrogens (tertiary/aromatic N) is 2. The molecule has 1 unspecified atom stereocenters. The summed E-state index contributed by atoms with van der Waals surface area (Å²) in [6.45, 7) is 4.26. The molecule has 0 bridgehead atoms. The molecule has 1 fully saturated rings. The van der Waals surface area contributed by atoms with E-state index in [-0.39, 0.29) is 25.0 Å². The highest BCUT2D eigenvalue weighted by molar-refractivity contribution is 5.86. The largest absolute Gasteiger partial charge is 0.480 e. The van der Waals surface area contributed by atoms with E-state index in [2.05, 4.69) is 29.6 Å². The van der Waals surface area contributed by atoms with Gasteiger partial charge in [0.15, 0.2) is 0 Å². The van der Waals surface area contributed by atoms with Crippen LogP contribution < -0.4 is 5.32 Å². The maximum atomic E-state index is 13.2. The van der Waals surface area contributed by atoms with Crippen LogP contribution in [0, 0.1) is 0 Å². The molecule has 0 radical (unpaired) electrons. The normalized spacial score (nSPS) is 16.7. The minimum Gasteiger partial charge on any atom is -0.480 e. The summed E-state index contributed by atoms with van der Waals surface area (Å²) in [6, 6.07) is 15.6. The molecular weight excluding hydrogens is 446 g/mol. The molecule has 35 heavy (non-hydrogen) atoms. The summed E-state index contributed by atoms with van der Waals surface area (Å²) in [6.07, 6.45) is 1.35. The summed E-state index contributed by atoms with van der Waals surface area (Å²) >= 11 is 0. The van der Waals surface area contributed by atoms with E-state index in [0.29, 0.717) is 39.0 Å².